The number of piperidine rings is 1. The highest BCUT2D eigenvalue weighted by molar-refractivity contribution is 7.98. The molecule has 1 aromatic carbocycles. The Hall–Kier alpha value is -1.50. The number of nitrogens with zero attached hydrogens (tertiary/aromatic N) is 3. The fraction of sp³-hybridized carbons (Fsp3) is 0.474. The molecule has 6 heteroatoms. The van der Waals surface area contributed by atoms with Gasteiger partial charge in [-0.3, -0.25) is 4.90 Å². The highest BCUT2D eigenvalue weighted by Crippen LogP contribution is 2.46. The van der Waals surface area contributed by atoms with Crippen molar-refractivity contribution in [1.82, 2.24) is 14.9 Å². The van der Waals surface area contributed by atoms with E-state index in [1.807, 2.05) is 24.7 Å². The highest BCUT2D eigenvalue weighted by Gasteiger charge is 2.48. The molecule has 2 fully saturated rings. The van der Waals surface area contributed by atoms with Crippen LogP contribution in [0.4, 0.5) is 4.39 Å². The molecule has 0 spiro atoms. The number of hydrogen-bond donors (Lipinski definition) is 1. The van der Waals surface area contributed by atoms with Gasteiger partial charge in [0.15, 0.2) is 5.16 Å². The summed E-state index contributed by atoms with van der Waals surface area (Å²) in [4.78, 5) is 11.2. The van der Waals surface area contributed by atoms with E-state index in [-0.39, 0.29) is 5.82 Å². The number of aliphatic hydroxyl groups is 1. The van der Waals surface area contributed by atoms with Gasteiger partial charge in [0.25, 0.3) is 0 Å². The number of aromatic nitrogens is 2. The van der Waals surface area contributed by atoms with Crippen LogP contribution in [-0.4, -0.2) is 38.3 Å². The minimum absolute atomic E-state index is 0.285. The molecule has 2 aliphatic rings. The first kappa shape index (κ1) is 16.9. The second-order valence-corrected chi connectivity index (χ2v) is 7.86. The number of benzene rings is 1. The lowest BCUT2D eigenvalue weighted by Crippen LogP contribution is -2.49. The lowest BCUT2D eigenvalue weighted by atomic mass is 9.80. The molecule has 25 heavy (non-hydrogen) atoms. The second-order valence-electron chi connectivity index (χ2n) is 7.09. The van der Waals surface area contributed by atoms with Crippen LogP contribution < -0.4 is 0 Å². The molecule has 2 aromatic rings. The topological polar surface area (TPSA) is 49.2 Å². The molecule has 0 unspecified atom stereocenters. The Bertz CT molecular complexity index is 741. The molecule has 2 saturated heterocycles. The van der Waals surface area contributed by atoms with E-state index in [9.17, 15) is 9.50 Å². The van der Waals surface area contributed by atoms with E-state index in [1.165, 1.54) is 23.9 Å². The molecular formula is C19H22FN3OS. The Labute approximate surface area is 151 Å². The second kappa shape index (κ2) is 6.67. The first-order chi connectivity index (χ1) is 12.1. The summed E-state index contributed by atoms with van der Waals surface area (Å²) in [5.41, 5.74) is 0.881. The number of halogens is 1. The standard InChI is InChI=1S/C19H22FN3OS/c1-25-18-21-10-13(11-22-18)12-23-16-5-6-17(23)9-19(24,8-16)14-3-2-4-15(20)7-14/h2-4,7,10-11,16-17,24H,5-6,8-9,12H2,1H3/t16-,17-/m0/s1. The van der Waals surface area contributed by atoms with E-state index in [0.29, 0.717) is 30.5 Å². The number of fused-ring (bicyclic) bond motifs is 2. The summed E-state index contributed by atoms with van der Waals surface area (Å²) in [6.45, 7) is 0.809. The van der Waals surface area contributed by atoms with Crippen LogP contribution >= 0.6 is 11.8 Å². The summed E-state index contributed by atoms with van der Waals surface area (Å²) in [5, 5.41) is 12.0. The molecule has 2 aliphatic heterocycles. The summed E-state index contributed by atoms with van der Waals surface area (Å²) in [7, 11) is 0. The van der Waals surface area contributed by atoms with Crippen LogP contribution in [0.1, 0.15) is 36.8 Å². The van der Waals surface area contributed by atoms with E-state index in [4.69, 9.17) is 0 Å². The first-order valence-electron chi connectivity index (χ1n) is 8.66. The summed E-state index contributed by atoms with van der Waals surface area (Å²) in [6, 6.07) is 7.05. The van der Waals surface area contributed by atoms with Gasteiger partial charge >= 0.3 is 0 Å². The Morgan fingerprint density at radius 1 is 1.24 bits per heavy atom. The van der Waals surface area contributed by atoms with Crippen molar-refractivity contribution >= 4 is 11.8 Å². The van der Waals surface area contributed by atoms with Gasteiger partial charge in [0.2, 0.25) is 0 Å². The zero-order valence-electron chi connectivity index (χ0n) is 14.2. The summed E-state index contributed by atoms with van der Waals surface area (Å²) < 4.78 is 13.6. The normalized spacial score (nSPS) is 29.1. The summed E-state index contributed by atoms with van der Waals surface area (Å²) >= 11 is 1.54. The first-order valence-corrected chi connectivity index (χ1v) is 9.89. The van der Waals surface area contributed by atoms with Crippen molar-refractivity contribution in [3.05, 3.63) is 53.6 Å². The minimum Gasteiger partial charge on any atom is -0.385 e. The van der Waals surface area contributed by atoms with Crippen molar-refractivity contribution in [3.8, 4) is 0 Å². The number of thioether (sulfide) groups is 1. The highest BCUT2D eigenvalue weighted by atomic mass is 32.2. The maximum Gasteiger partial charge on any atom is 0.187 e. The predicted molar refractivity (Wildman–Crippen MR) is 95.7 cm³/mol. The Kier molecular flexibility index (Phi) is 4.52. The van der Waals surface area contributed by atoms with Gasteiger partial charge in [-0.15, -0.1) is 0 Å². The van der Waals surface area contributed by atoms with Gasteiger partial charge in [-0.25, -0.2) is 14.4 Å². The maximum atomic E-state index is 13.6. The average Bonchev–Trinajstić information content (AvgIpc) is 2.86. The van der Waals surface area contributed by atoms with Crippen LogP contribution in [0, 0.1) is 5.82 Å². The molecule has 0 radical (unpaired) electrons. The Morgan fingerprint density at radius 3 is 2.52 bits per heavy atom. The molecule has 4 rings (SSSR count). The fourth-order valence-electron chi connectivity index (χ4n) is 4.33. The molecule has 0 saturated carbocycles. The zero-order valence-corrected chi connectivity index (χ0v) is 15.0. The van der Waals surface area contributed by atoms with Crippen molar-refractivity contribution in [1.29, 1.82) is 0 Å². The van der Waals surface area contributed by atoms with Crippen molar-refractivity contribution in [2.45, 2.75) is 55.1 Å². The minimum atomic E-state index is -0.927. The van der Waals surface area contributed by atoms with E-state index < -0.39 is 5.60 Å². The van der Waals surface area contributed by atoms with Gasteiger partial charge in [0, 0.05) is 36.6 Å². The predicted octanol–water partition coefficient (Wildman–Crippen LogP) is 3.35. The third kappa shape index (κ3) is 3.30. The quantitative estimate of drug-likeness (QED) is 0.670. The summed E-state index contributed by atoms with van der Waals surface area (Å²) in [6.07, 6.45) is 9.20. The fourth-order valence-corrected chi connectivity index (χ4v) is 4.65. The number of rotatable bonds is 4. The van der Waals surface area contributed by atoms with Crippen LogP contribution in [0.2, 0.25) is 0 Å². The van der Waals surface area contributed by atoms with Gasteiger partial charge < -0.3 is 5.11 Å². The van der Waals surface area contributed by atoms with Crippen LogP contribution in [0.25, 0.3) is 0 Å². The van der Waals surface area contributed by atoms with Gasteiger partial charge in [0.1, 0.15) is 5.82 Å². The molecule has 2 bridgehead atoms. The molecule has 3 heterocycles. The van der Waals surface area contributed by atoms with Crippen molar-refractivity contribution in [3.63, 3.8) is 0 Å². The average molecular weight is 359 g/mol. The van der Waals surface area contributed by atoms with Crippen molar-refractivity contribution in [2.75, 3.05) is 6.26 Å². The molecule has 0 aliphatic carbocycles. The van der Waals surface area contributed by atoms with E-state index in [1.54, 1.807) is 6.07 Å². The monoisotopic (exact) mass is 359 g/mol. The van der Waals surface area contributed by atoms with Crippen LogP contribution in [0.5, 0.6) is 0 Å². The van der Waals surface area contributed by atoms with Crippen LogP contribution in [-0.2, 0) is 12.1 Å². The smallest absolute Gasteiger partial charge is 0.187 e. The molecule has 4 nitrogen and oxygen atoms in total. The third-order valence-electron chi connectivity index (χ3n) is 5.51. The van der Waals surface area contributed by atoms with Crippen LogP contribution in [0.15, 0.2) is 41.8 Å². The largest absolute Gasteiger partial charge is 0.385 e. The van der Waals surface area contributed by atoms with Crippen molar-refractivity contribution in [2.24, 2.45) is 0 Å². The summed E-state index contributed by atoms with van der Waals surface area (Å²) in [5.74, 6) is -0.285. The lowest BCUT2D eigenvalue weighted by Gasteiger charge is -2.44. The van der Waals surface area contributed by atoms with E-state index >= 15 is 0 Å². The molecule has 1 aromatic heterocycles. The number of hydrogen-bond acceptors (Lipinski definition) is 5. The SMILES string of the molecule is CSc1ncc(CN2[C@H]3CC[C@H]2CC(O)(c2cccc(F)c2)C3)cn1. The molecule has 2 atom stereocenters. The van der Waals surface area contributed by atoms with Crippen molar-refractivity contribution < 1.29 is 9.50 Å². The van der Waals surface area contributed by atoms with Gasteiger partial charge in [0.05, 0.1) is 5.60 Å². The lowest BCUT2D eigenvalue weighted by molar-refractivity contribution is -0.0597. The van der Waals surface area contributed by atoms with Gasteiger partial charge in [-0.2, -0.15) is 0 Å². The Balaban J connectivity index is 1.51. The van der Waals surface area contributed by atoms with Gasteiger partial charge in [-0.05, 0) is 49.6 Å². The Morgan fingerprint density at radius 2 is 1.92 bits per heavy atom. The zero-order chi connectivity index (χ0) is 17.4. The molecule has 132 valence electrons. The van der Waals surface area contributed by atoms with Crippen LogP contribution in [0.3, 0.4) is 0 Å². The van der Waals surface area contributed by atoms with E-state index in [2.05, 4.69) is 14.9 Å². The van der Waals surface area contributed by atoms with E-state index in [0.717, 1.165) is 30.1 Å². The molecule has 0 amide bonds. The maximum absolute atomic E-state index is 13.6. The third-order valence-corrected chi connectivity index (χ3v) is 6.09. The van der Waals surface area contributed by atoms with Gasteiger partial charge in [-0.1, -0.05) is 23.9 Å². The molecular weight excluding hydrogens is 337 g/mol. The molecule has 1 N–H and O–H groups in total.